The lowest BCUT2D eigenvalue weighted by Gasteiger charge is -2.32. The van der Waals surface area contributed by atoms with Crippen molar-refractivity contribution >= 4 is 26.7 Å². The zero-order valence-electron chi connectivity index (χ0n) is 18.6. The predicted molar refractivity (Wildman–Crippen MR) is 121 cm³/mol. The lowest BCUT2D eigenvalue weighted by atomic mass is 9.85. The van der Waals surface area contributed by atoms with Gasteiger partial charge < -0.3 is 0 Å². The van der Waals surface area contributed by atoms with E-state index in [9.17, 15) is 13.2 Å². The van der Waals surface area contributed by atoms with E-state index in [4.69, 9.17) is 0 Å². The van der Waals surface area contributed by atoms with Gasteiger partial charge in [-0.25, -0.2) is 8.42 Å². The average Bonchev–Trinajstić information content (AvgIpc) is 2.60. The highest BCUT2D eigenvalue weighted by atomic mass is 32.2. The maximum Gasteiger partial charge on any atom is 0.217 e. The summed E-state index contributed by atoms with van der Waals surface area (Å²) < 4.78 is 24.6. The van der Waals surface area contributed by atoms with Crippen LogP contribution in [0, 0.1) is 6.92 Å². The second-order valence-electron chi connectivity index (χ2n) is 8.99. The quantitative estimate of drug-likeness (QED) is 0.508. The fourth-order valence-electron chi connectivity index (χ4n) is 4.05. The topological polar surface area (TPSA) is 54.5 Å². The molecule has 0 spiro atoms. The van der Waals surface area contributed by atoms with Crippen LogP contribution in [0.3, 0.4) is 0 Å². The van der Waals surface area contributed by atoms with Crippen molar-refractivity contribution in [2.24, 2.45) is 0 Å². The van der Waals surface area contributed by atoms with E-state index in [1.54, 1.807) is 0 Å². The Hall–Kier alpha value is -0.850. The van der Waals surface area contributed by atoms with Crippen LogP contribution in [0.15, 0.2) is 12.1 Å². The summed E-state index contributed by atoms with van der Waals surface area (Å²) in [4.78, 5) is 13.6. The minimum atomic E-state index is -3.15. The van der Waals surface area contributed by atoms with Gasteiger partial charge in [-0.15, -0.1) is 0 Å². The fourth-order valence-corrected chi connectivity index (χ4v) is 7.61. The summed E-state index contributed by atoms with van der Waals surface area (Å²) in [5, 5.41) is 0. The first-order valence-corrected chi connectivity index (χ1v) is 13.5. The van der Waals surface area contributed by atoms with E-state index in [0.717, 1.165) is 17.1 Å². The molecule has 2 rings (SSSR count). The maximum atomic E-state index is 13.6. The third kappa shape index (κ3) is 4.82. The van der Waals surface area contributed by atoms with E-state index in [1.807, 2.05) is 13.8 Å². The molecule has 1 aliphatic heterocycles. The Kier molecular flexibility index (Phi) is 7.10. The molecule has 0 aromatic heterocycles. The SMILES string of the molecule is Cc1c(C(C)C)cc(C(=O)C(C)(C)[S+]2CCN(S(C)(=O)=O)CC2)cc1C(C)C. The van der Waals surface area contributed by atoms with E-state index in [1.165, 1.54) is 27.3 Å². The van der Waals surface area contributed by atoms with Crippen molar-refractivity contribution in [3.05, 3.63) is 34.4 Å². The number of Topliss-reactive ketones (excluding diaryl/α,β-unsaturated/α-hetero) is 1. The van der Waals surface area contributed by atoms with Crippen molar-refractivity contribution < 1.29 is 13.2 Å². The standard InChI is InChI=1S/C22H36NO3S2/c1-15(2)19-13-18(14-20(16(3)4)17(19)5)21(24)22(6,7)27-11-9-23(10-12-27)28(8,25)26/h13-16H,9-12H2,1-8H3/q+1. The Morgan fingerprint density at radius 2 is 1.46 bits per heavy atom. The zero-order valence-corrected chi connectivity index (χ0v) is 20.3. The van der Waals surface area contributed by atoms with Gasteiger partial charge >= 0.3 is 0 Å². The summed E-state index contributed by atoms with van der Waals surface area (Å²) in [6.07, 6.45) is 1.26. The van der Waals surface area contributed by atoms with E-state index >= 15 is 0 Å². The van der Waals surface area contributed by atoms with Gasteiger partial charge in [0.2, 0.25) is 15.8 Å². The number of sulfonamides is 1. The Bertz CT molecular complexity index is 804. The number of carbonyl (C=O) groups is 1. The van der Waals surface area contributed by atoms with E-state index in [2.05, 4.69) is 46.8 Å². The van der Waals surface area contributed by atoms with Crippen molar-refractivity contribution in [2.75, 3.05) is 30.9 Å². The largest absolute Gasteiger partial charge is 0.288 e. The molecule has 28 heavy (non-hydrogen) atoms. The van der Waals surface area contributed by atoms with Crippen LogP contribution in [0.5, 0.6) is 0 Å². The average molecular weight is 427 g/mol. The molecule has 4 nitrogen and oxygen atoms in total. The summed E-state index contributed by atoms with van der Waals surface area (Å²) >= 11 is 0. The zero-order chi connectivity index (χ0) is 21.4. The summed E-state index contributed by atoms with van der Waals surface area (Å²) in [5.74, 6) is 2.44. The molecule has 1 saturated heterocycles. The van der Waals surface area contributed by atoms with Gasteiger partial charge in [0.15, 0.2) is 4.75 Å². The molecule has 0 bridgehead atoms. The number of nitrogens with zero attached hydrogens (tertiary/aromatic N) is 1. The molecular formula is C22H36NO3S2+. The van der Waals surface area contributed by atoms with Crippen LogP contribution < -0.4 is 0 Å². The van der Waals surface area contributed by atoms with Gasteiger partial charge in [-0.1, -0.05) is 27.7 Å². The van der Waals surface area contributed by atoms with Crippen molar-refractivity contribution in [3.63, 3.8) is 0 Å². The van der Waals surface area contributed by atoms with Gasteiger partial charge in [-0.2, -0.15) is 4.31 Å². The molecule has 1 aromatic carbocycles. The van der Waals surface area contributed by atoms with Gasteiger partial charge in [0, 0.05) is 16.5 Å². The summed E-state index contributed by atoms with van der Waals surface area (Å²) in [5.41, 5.74) is 4.60. The highest BCUT2D eigenvalue weighted by Crippen LogP contribution is 2.33. The molecule has 158 valence electrons. The summed E-state index contributed by atoms with van der Waals surface area (Å²) in [6, 6.07) is 4.18. The molecule has 6 heteroatoms. The van der Waals surface area contributed by atoms with Crippen molar-refractivity contribution in [3.8, 4) is 0 Å². The molecule has 0 unspecified atom stereocenters. The van der Waals surface area contributed by atoms with Crippen LogP contribution >= 0.6 is 0 Å². The number of rotatable bonds is 6. The Morgan fingerprint density at radius 3 is 1.82 bits per heavy atom. The molecule has 0 aliphatic carbocycles. The highest BCUT2D eigenvalue weighted by Gasteiger charge is 2.48. The van der Waals surface area contributed by atoms with Crippen molar-refractivity contribution in [1.29, 1.82) is 0 Å². The van der Waals surface area contributed by atoms with Gasteiger partial charge in [0.1, 0.15) is 11.5 Å². The molecule has 1 aromatic rings. The maximum absolute atomic E-state index is 13.6. The molecular weight excluding hydrogens is 390 g/mol. The third-order valence-corrected chi connectivity index (χ3v) is 10.2. The predicted octanol–water partition coefficient (Wildman–Crippen LogP) is 4.10. The van der Waals surface area contributed by atoms with Crippen LogP contribution in [0.4, 0.5) is 0 Å². The van der Waals surface area contributed by atoms with E-state index in [0.29, 0.717) is 24.9 Å². The lowest BCUT2D eigenvalue weighted by molar-refractivity contribution is 0.0956. The number of hydrogen-bond acceptors (Lipinski definition) is 3. The normalized spacial score (nSPS) is 17.5. The molecule has 1 heterocycles. The molecule has 0 saturated carbocycles. The van der Waals surface area contributed by atoms with Crippen molar-refractivity contribution in [1.82, 2.24) is 4.31 Å². The van der Waals surface area contributed by atoms with Gasteiger partial charge in [-0.05, 0) is 61.4 Å². The molecule has 1 aliphatic rings. The smallest absolute Gasteiger partial charge is 0.217 e. The number of hydrogen-bond donors (Lipinski definition) is 0. The Morgan fingerprint density at radius 1 is 1.04 bits per heavy atom. The Balaban J connectivity index is 2.34. The minimum Gasteiger partial charge on any atom is -0.288 e. The Labute approximate surface area is 174 Å². The van der Waals surface area contributed by atoms with Crippen LogP contribution in [-0.4, -0.2) is 54.1 Å². The molecule has 0 atom stereocenters. The fraction of sp³-hybridized carbons (Fsp3) is 0.682. The monoisotopic (exact) mass is 426 g/mol. The van der Waals surface area contributed by atoms with E-state index < -0.39 is 14.8 Å². The summed E-state index contributed by atoms with van der Waals surface area (Å²) in [7, 11) is -3.29. The first-order valence-electron chi connectivity index (χ1n) is 10.1. The van der Waals surface area contributed by atoms with Gasteiger partial charge in [-0.3, -0.25) is 4.79 Å². The van der Waals surface area contributed by atoms with Crippen molar-refractivity contribution in [2.45, 2.75) is 65.0 Å². The molecule has 0 radical (unpaired) electrons. The molecule has 0 amide bonds. The number of benzene rings is 1. The number of ketones is 1. The second-order valence-corrected chi connectivity index (χ2v) is 13.8. The van der Waals surface area contributed by atoms with Gasteiger partial charge in [0.25, 0.3) is 0 Å². The molecule has 0 N–H and O–H groups in total. The third-order valence-electron chi connectivity index (χ3n) is 5.91. The van der Waals surface area contributed by atoms with Crippen LogP contribution in [0.25, 0.3) is 0 Å². The van der Waals surface area contributed by atoms with Gasteiger partial charge in [0.05, 0.1) is 19.3 Å². The van der Waals surface area contributed by atoms with Crippen LogP contribution in [-0.2, 0) is 20.9 Å². The number of carbonyl (C=O) groups excluding carboxylic acids is 1. The summed E-state index contributed by atoms with van der Waals surface area (Å²) in [6.45, 7) is 16.0. The molecule has 1 fully saturated rings. The minimum absolute atomic E-state index is 0.137. The first-order chi connectivity index (χ1) is 12.8. The lowest BCUT2D eigenvalue weighted by Crippen LogP contribution is -2.52. The van der Waals surface area contributed by atoms with E-state index in [-0.39, 0.29) is 16.7 Å². The first kappa shape index (κ1) is 23.4. The second kappa shape index (κ2) is 8.49. The van der Waals surface area contributed by atoms with Crippen LogP contribution in [0.1, 0.15) is 80.4 Å². The van der Waals surface area contributed by atoms with Crippen LogP contribution in [0.2, 0.25) is 0 Å². The highest BCUT2D eigenvalue weighted by molar-refractivity contribution is 7.99.